The van der Waals surface area contributed by atoms with Crippen LogP contribution in [0.3, 0.4) is 0 Å². The molecule has 2 N–H and O–H groups in total. The van der Waals surface area contributed by atoms with Crippen molar-refractivity contribution in [1.29, 1.82) is 0 Å². The molecule has 0 aromatic carbocycles. The van der Waals surface area contributed by atoms with Gasteiger partial charge >= 0.3 is 0 Å². The van der Waals surface area contributed by atoms with Crippen molar-refractivity contribution in [2.45, 2.75) is 50.8 Å². The predicted molar refractivity (Wildman–Crippen MR) is 64.5 cm³/mol. The Hall–Kier alpha value is -0.130. The number of rotatable bonds is 3. The number of nitrogens with two attached hydrogens (primary N) is 1. The molecule has 2 fully saturated rings. The quantitative estimate of drug-likeness (QED) is 0.805. The third-order valence-corrected chi connectivity index (χ3v) is 6.65. The summed E-state index contributed by atoms with van der Waals surface area (Å²) in [6.45, 7) is 4.81. The topological polar surface area (TPSA) is 63.4 Å². The molecular weight excluding hydrogens is 224 g/mol. The van der Waals surface area contributed by atoms with Crippen LogP contribution in [0.5, 0.6) is 0 Å². The molecule has 1 heterocycles. The summed E-state index contributed by atoms with van der Waals surface area (Å²) < 4.78 is 26.2. The van der Waals surface area contributed by atoms with Crippen LogP contribution in [0, 0.1) is 5.41 Å². The van der Waals surface area contributed by atoms with Crippen molar-refractivity contribution < 1.29 is 8.42 Å². The predicted octanol–water partition coefficient (Wildman–Crippen LogP) is 0.928. The van der Waals surface area contributed by atoms with E-state index >= 15 is 0 Å². The molecule has 4 nitrogen and oxygen atoms in total. The Morgan fingerprint density at radius 3 is 2.69 bits per heavy atom. The Bertz CT molecular complexity index is 366. The number of hydrogen-bond acceptors (Lipinski definition) is 3. The molecule has 5 heteroatoms. The van der Waals surface area contributed by atoms with E-state index < -0.39 is 10.0 Å². The molecule has 0 amide bonds. The maximum atomic E-state index is 12.2. The maximum absolute atomic E-state index is 12.2. The highest BCUT2D eigenvalue weighted by molar-refractivity contribution is 7.89. The fourth-order valence-electron chi connectivity index (χ4n) is 3.27. The SMILES string of the molecule is CC(C)S(=O)(=O)N1CC[C@@]2(CN)CCC[C@@H]12. The van der Waals surface area contributed by atoms with E-state index in [9.17, 15) is 8.42 Å². The van der Waals surface area contributed by atoms with Crippen LogP contribution >= 0.6 is 0 Å². The Labute approximate surface area is 98.2 Å². The smallest absolute Gasteiger partial charge is 0.216 e. The molecule has 0 bridgehead atoms. The zero-order valence-electron chi connectivity index (χ0n) is 10.1. The maximum Gasteiger partial charge on any atom is 0.216 e. The van der Waals surface area contributed by atoms with Gasteiger partial charge in [0.15, 0.2) is 0 Å². The van der Waals surface area contributed by atoms with Crippen LogP contribution in [0.15, 0.2) is 0 Å². The molecule has 0 aromatic rings. The van der Waals surface area contributed by atoms with E-state index in [0.29, 0.717) is 13.1 Å². The summed E-state index contributed by atoms with van der Waals surface area (Å²) >= 11 is 0. The first-order chi connectivity index (χ1) is 7.44. The minimum Gasteiger partial charge on any atom is -0.330 e. The number of fused-ring (bicyclic) bond motifs is 1. The lowest BCUT2D eigenvalue weighted by Gasteiger charge is -2.31. The van der Waals surface area contributed by atoms with Crippen molar-refractivity contribution in [3.63, 3.8) is 0 Å². The van der Waals surface area contributed by atoms with Crippen molar-refractivity contribution in [3.8, 4) is 0 Å². The molecule has 2 rings (SSSR count). The van der Waals surface area contributed by atoms with Gasteiger partial charge in [-0.1, -0.05) is 6.42 Å². The summed E-state index contributed by atoms with van der Waals surface area (Å²) in [5.74, 6) is 0. The number of hydrogen-bond donors (Lipinski definition) is 1. The summed E-state index contributed by atoms with van der Waals surface area (Å²) in [4.78, 5) is 0. The van der Waals surface area contributed by atoms with Crippen LogP contribution in [-0.4, -0.2) is 37.1 Å². The van der Waals surface area contributed by atoms with Crippen molar-refractivity contribution in [3.05, 3.63) is 0 Å². The molecule has 2 aliphatic rings. The molecule has 1 saturated carbocycles. The van der Waals surface area contributed by atoms with E-state index in [1.807, 2.05) is 0 Å². The molecule has 1 aliphatic carbocycles. The number of sulfonamides is 1. The third-order valence-electron chi connectivity index (χ3n) is 4.37. The molecule has 0 aromatic heterocycles. The first-order valence-corrected chi connectivity index (χ1v) is 7.65. The zero-order valence-corrected chi connectivity index (χ0v) is 11.0. The van der Waals surface area contributed by atoms with E-state index in [1.54, 1.807) is 18.2 Å². The lowest BCUT2D eigenvalue weighted by atomic mass is 9.83. The molecule has 94 valence electrons. The minimum atomic E-state index is -3.10. The van der Waals surface area contributed by atoms with Gasteiger partial charge in [0, 0.05) is 18.0 Å². The standard InChI is InChI=1S/C11H22N2O2S/c1-9(2)16(14,15)13-7-6-11(8-12)5-3-4-10(11)13/h9-10H,3-8,12H2,1-2H3/t10-,11-/m1/s1. The van der Waals surface area contributed by atoms with E-state index in [1.165, 1.54) is 0 Å². The van der Waals surface area contributed by atoms with Gasteiger partial charge in [0.2, 0.25) is 10.0 Å². The van der Waals surface area contributed by atoms with Gasteiger partial charge in [0.25, 0.3) is 0 Å². The fraction of sp³-hybridized carbons (Fsp3) is 1.00. The van der Waals surface area contributed by atoms with Crippen LogP contribution in [0.25, 0.3) is 0 Å². The molecular formula is C11H22N2O2S. The van der Waals surface area contributed by atoms with Crippen LogP contribution < -0.4 is 5.73 Å². The van der Waals surface area contributed by atoms with Crippen LogP contribution in [0.4, 0.5) is 0 Å². The monoisotopic (exact) mass is 246 g/mol. The average molecular weight is 246 g/mol. The van der Waals surface area contributed by atoms with Crippen LogP contribution in [-0.2, 0) is 10.0 Å². The Balaban J connectivity index is 2.28. The third kappa shape index (κ3) is 1.60. The van der Waals surface area contributed by atoms with Crippen molar-refractivity contribution in [1.82, 2.24) is 4.31 Å². The summed E-state index contributed by atoms with van der Waals surface area (Å²) in [7, 11) is -3.10. The molecule has 0 unspecified atom stereocenters. The van der Waals surface area contributed by atoms with Crippen LogP contribution in [0.2, 0.25) is 0 Å². The largest absolute Gasteiger partial charge is 0.330 e. The summed E-state index contributed by atoms with van der Waals surface area (Å²) in [5.41, 5.74) is 5.96. The minimum absolute atomic E-state index is 0.0853. The molecule has 0 spiro atoms. The Morgan fingerprint density at radius 2 is 2.12 bits per heavy atom. The highest BCUT2D eigenvalue weighted by Gasteiger charge is 2.53. The van der Waals surface area contributed by atoms with Gasteiger partial charge in [-0.05, 0) is 39.7 Å². The molecule has 16 heavy (non-hydrogen) atoms. The highest BCUT2D eigenvalue weighted by atomic mass is 32.2. The Morgan fingerprint density at radius 1 is 1.44 bits per heavy atom. The first kappa shape index (κ1) is 12.3. The lowest BCUT2D eigenvalue weighted by molar-refractivity contribution is 0.256. The van der Waals surface area contributed by atoms with Gasteiger partial charge < -0.3 is 5.73 Å². The van der Waals surface area contributed by atoms with Crippen molar-refractivity contribution in [2.24, 2.45) is 11.1 Å². The van der Waals surface area contributed by atoms with Gasteiger partial charge in [-0.3, -0.25) is 0 Å². The molecule has 1 saturated heterocycles. The van der Waals surface area contributed by atoms with E-state index in [0.717, 1.165) is 25.7 Å². The highest BCUT2D eigenvalue weighted by Crippen LogP contribution is 2.49. The van der Waals surface area contributed by atoms with E-state index in [-0.39, 0.29) is 16.7 Å². The summed E-state index contributed by atoms with van der Waals surface area (Å²) in [6.07, 6.45) is 4.15. The van der Waals surface area contributed by atoms with Gasteiger partial charge in [-0.2, -0.15) is 4.31 Å². The van der Waals surface area contributed by atoms with E-state index in [2.05, 4.69) is 0 Å². The van der Waals surface area contributed by atoms with Gasteiger partial charge in [-0.25, -0.2) is 8.42 Å². The zero-order chi connectivity index (χ0) is 12.0. The second-order valence-electron chi connectivity index (χ2n) is 5.43. The fourth-order valence-corrected chi connectivity index (χ4v) is 4.84. The average Bonchev–Trinajstić information content (AvgIpc) is 2.74. The van der Waals surface area contributed by atoms with Crippen LogP contribution in [0.1, 0.15) is 39.5 Å². The first-order valence-electron chi connectivity index (χ1n) is 6.15. The van der Waals surface area contributed by atoms with Gasteiger partial charge in [0.05, 0.1) is 5.25 Å². The van der Waals surface area contributed by atoms with Crippen molar-refractivity contribution in [2.75, 3.05) is 13.1 Å². The molecule has 0 radical (unpaired) electrons. The second kappa shape index (κ2) is 3.96. The van der Waals surface area contributed by atoms with Gasteiger partial charge in [-0.15, -0.1) is 0 Å². The number of nitrogens with zero attached hydrogens (tertiary/aromatic N) is 1. The summed E-state index contributed by atoms with van der Waals surface area (Å²) in [6, 6.07) is 0.171. The molecule has 2 atom stereocenters. The molecule has 1 aliphatic heterocycles. The van der Waals surface area contributed by atoms with Crippen molar-refractivity contribution >= 4 is 10.0 Å². The lowest BCUT2D eigenvalue weighted by Crippen LogP contribution is -2.44. The summed E-state index contributed by atoms with van der Waals surface area (Å²) in [5, 5.41) is -0.318. The normalized spacial score (nSPS) is 35.9. The Kier molecular flexibility index (Phi) is 3.05. The van der Waals surface area contributed by atoms with E-state index in [4.69, 9.17) is 5.73 Å². The second-order valence-corrected chi connectivity index (χ2v) is 7.87. The van der Waals surface area contributed by atoms with Gasteiger partial charge in [0.1, 0.15) is 0 Å².